The Morgan fingerprint density at radius 3 is 2.42 bits per heavy atom. The van der Waals surface area contributed by atoms with Crippen LogP contribution >= 0.6 is 24.0 Å². The maximum Gasteiger partial charge on any atom is 0.190 e. The third-order valence-electron chi connectivity index (χ3n) is 5.03. The minimum atomic E-state index is 0. The monoisotopic (exact) mass is 452 g/mol. The summed E-state index contributed by atoms with van der Waals surface area (Å²) in [5.41, 5.74) is 0. The Morgan fingerprint density at radius 1 is 1.08 bits per heavy atom. The predicted molar refractivity (Wildman–Crippen MR) is 112 cm³/mol. The molecule has 1 saturated heterocycles. The van der Waals surface area contributed by atoms with Crippen molar-refractivity contribution in [3.8, 4) is 0 Å². The molecule has 1 aliphatic carbocycles. The highest BCUT2D eigenvalue weighted by Crippen LogP contribution is 2.28. The second-order valence-electron chi connectivity index (χ2n) is 6.96. The Labute approximate surface area is 165 Å². The summed E-state index contributed by atoms with van der Waals surface area (Å²) in [6.07, 6.45) is 7.73. The van der Waals surface area contributed by atoms with E-state index in [1.54, 1.807) is 0 Å². The summed E-state index contributed by atoms with van der Waals surface area (Å²) in [6.45, 7) is 9.78. The standard InChI is InChI=1S/C18H36N4O.HI/c1-3-22-12-8-16(9-13-22)7-11-21-18(19-2)20-10-4-14-23-15-17-5-6-17;/h16-17H,3-15H2,1-2H3,(H2,19,20,21);1H. The molecule has 2 aliphatic rings. The van der Waals surface area contributed by atoms with E-state index in [4.69, 9.17) is 4.74 Å². The van der Waals surface area contributed by atoms with Gasteiger partial charge in [-0.1, -0.05) is 6.92 Å². The molecule has 0 aromatic carbocycles. The molecule has 1 saturated carbocycles. The summed E-state index contributed by atoms with van der Waals surface area (Å²) in [4.78, 5) is 6.85. The van der Waals surface area contributed by atoms with Crippen molar-refractivity contribution < 1.29 is 4.74 Å². The van der Waals surface area contributed by atoms with Crippen LogP contribution in [0.3, 0.4) is 0 Å². The molecule has 0 unspecified atom stereocenters. The number of ether oxygens (including phenoxy) is 1. The van der Waals surface area contributed by atoms with E-state index in [1.807, 2.05) is 7.05 Å². The highest BCUT2D eigenvalue weighted by atomic mass is 127. The molecule has 2 rings (SSSR count). The molecule has 0 bridgehead atoms. The fraction of sp³-hybridized carbons (Fsp3) is 0.944. The number of guanidine groups is 1. The molecule has 0 aromatic heterocycles. The Balaban J connectivity index is 0.00000288. The number of piperidine rings is 1. The summed E-state index contributed by atoms with van der Waals surface area (Å²) in [5.74, 6) is 2.67. The van der Waals surface area contributed by atoms with Crippen LogP contribution in [0.1, 0.15) is 45.4 Å². The van der Waals surface area contributed by atoms with Gasteiger partial charge >= 0.3 is 0 Å². The van der Waals surface area contributed by atoms with Gasteiger partial charge in [-0.3, -0.25) is 4.99 Å². The van der Waals surface area contributed by atoms with Gasteiger partial charge in [0.15, 0.2) is 5.96 Å². The minimum absolute atomic E-state index is 0. The van der Waals surface area contributed by atoms with E-state index in [-0.39, 0.29) is 24.0 Å². The quantitative estimate of drug-likeness (QED) is 0.232. The van der Waals surface area contributed by atoms with Crippen LogP contribution in [0.25, 0.3) is 0 Å². The third kappa shape index (κ3) is 9.42. The van der Waals surface area contributed by atoms with E-state index in [0.29, 0.717) is 0 Å². The molecule has 5 nitrogen and oxygen atoms in total. The van der Waals surface area contributed by atoms with Crippen molar-refractivity contribution >= 4 is 29.9 Å². The van der Waals surface area contributed by atoms with Crippen LogP contribution in [0.4, 0.5) is 0 Å². The van der Waals surface area contributed by atoms with Crippen LogP contribution in [0.2, 0.25) is 0 Å². The topological polar surface area (TPSA) is 48.9 Å². The lowest BCUT2D eigenvalue weighted by Gasteiger charge is -2.31. The molecule has 0 aromatic rings. The van der Waals surface area contributed by atoms with E-state index < -0.39 is 0 Å². The largest absolute Gasteiger partial charge is 0.381 e. The predicted octanol–water partition coefficient (Wildman–Crippen LogP) is 2.71. The van der Waals surface area contributed by atoms with Gasteiger partial charge in [-0.15, -0.1) is 24.0 Å². The smallest absolute Gasteiger partial charge is 0.190 e. The number of nitrogens with one attached hydrogen (secondary N) is 2. The number of rotatable bonds is 10. The molecule has 0 amide bonds. The summed E-state index contributed by atoms with van der Waals surface area (Å²) >= 11 is 0. The number of hydrogen-bond donors (Lipinski definition) is 2. The molecule has 1 aliphatic heterocycles. The summed E-state index contributed by atoms with van der Waals surface area (Å²) in [7, 11) is 1.85. The van der Waals surface area contributed by atoms with E-state index in [0.717, 1.165) is 50.5 Å². The van der Waals surface area contributed by atoms with Crippen molar-refractivity contribution in [2.24, 2.45) is 16.8 Å². The first-order valence-corrected chi connectivity index (χ1v) is 9.56. The van der Waals surface area contributed by atoms with Crippen molar-refractivity contribution in [1.29, 1.82) is 0 Å². The zero-order valence-corrected chi connectivity index (χ0v) is 17.9. The van der Waals surface area contributed by atoms with E-state index >= 15 is 0 Å². The van der Waals surface area contributed by atoms with Crippen LogP contribution in [0.15, 0.2) is 4.99 Å². The lowest BCUT2D eigenvalue weighted by molar-refractivity contribution is 0.123. The lowest BCUT2D eigenvalue weighted by atomic mass is 9.93. The minimum Gasteiger partial charge on any atom is -0.381 e. The molecule has 24 heavy (non-hydrogen) atoms. The van der Waals surface area contributed by atoms with Crippen molar-refractivity contribution in [1.82, 2.24) is 15.5 Å². The SMILES string of the molecule is CCN1CCC(CCNC(=NC)NCCCOCC2CC2)CC1.I. The zero-order chi connectivity index (χ0) is 16.3. The number of likely N-dealkylation sites (tertiary alicyclic amines) is 1. The van der Waals surface area contributed by atoms with Gasteiger partial charge in [-0.05, 0) is 70.0 Å². The second kappa shape index (κ2) is 13.2. The number of hydrogen-bond acceptors (Lipinski definition) is 3. The van der Waals surface area contributed by atoms with Gasteiger partial charge in [0.25, 0.3) is 0 Å². The van der Waals surface area contributed by atoms with E-state index in [1.165, 1.54) is 51.7 Å². The average Bonchev–Trinajstić information content (AvgIpc) is 3.41. The highest BCUT2D eigenvalue weighted by molar-refractivity contribution is 14.0. The Kier molecular flexibility index (Phi) is 12.0. The van der Waals surface area contributed by atoms with E-state index in [9.17, 15) is 0 Å². The summed E-state index contributed by atoms with van der Waals surface area (Å²) in [5, 5.41) is 6.82. The normalized spacial score (nSPS) is 19.8. The first-order chi connectivity index (χ1) is 11.3. The second-order valence-corrected chi connectivity index (χ2v) is 6.96. The van der Waals surface area contributed by atoms with Gasteiger partial charge in [0, 0.05) is 33.4 Å². The Hall–Kier alpha value is -0.0800. The average molecular weight is 452 g/mol. The molecule has 2 N–H and O–H groups in total. The molecule has 2 fully saturated rings. The van der Waals surface area contributed by atoms with Gasteiger partial charge in [0.1, 0.15) is 0 Å². The summed E-state index contributed by atoms with van der Waals surface area (Å²) < 4.78 is 5.65. The van der Waals surface area contributed by atoms with Gasteiger partial charge in [0.2, 0.25) is 0 Å². The van der Waals surface area contributed by atoms with Crippen LogP contribution in [-0.2, 0) is 4.74 Å². The fourth-order valence-corrected chi connectivity index (χ4v) is 3.12. The number of nitrogens with zero attached hydrogens (tertiary/aromatic N) is 2. The summed E-state index contributed by atoms with van der Waals surface area (Å²) in [6, 6.07) is 0. The molecule has 6 heteroatoms. The van der Waals surface area contributed by atoms with Crippen LogP contribution in [0, 0.1) is 11.8 Å². The molecule has 0 atom stereocenters. The van der Waals surface area contributed by atoms with Crippen molar-refractivity contribution in [3.05, 3.63) is 0 Å². The lowest BCUT2D eigenvalue weighted by Crippen LogP contribution is -2.40. The zero-order valence-electron chi connectivity index (χ0n) is 15.6. The maximum atomic E-state index is 5.65. The molecule has 0 spiro atoms. The molecule has 0 radical (unpaired) electrons. The van der Waals surface area contributed by atoms with Crippen molar-refractivity contribution in [2.75, 3.05) is 53.0 Å². The van der Waals surface area contributed by atoms with Gasteiger partial charge in [-0.2, -0.15) is 0 Å². The maximum absolute atomic E-state index is 5.65. The first-order valence-electron chi connectivity index (χ1n) is 9.56. The number of aliphatic imine (C=N–C) groups is 1. The van der Waals surface area contributed by atoms with Crippen LogP contribution < -0.4 is 10.6 Å². The van der Waals surface area contributed by atoms with Gasteiger partial charge < -0.3 is 20.3 Å². The van der Waals surface area contributed by atoms with E-state index in [2.05, 4.69) is 27.4 Å². The van der Waals surface area contributed by atoms with Crippen molar-refractivity contribution in [3.63, 3.8) is 0 Å². The van der Waals surface area contributed by atoms with Gasteiger partial charge in [-0.25, -0.2) is 0 Å². The highest BCUT2D eigenvalue weighted by Gasteiger charge is 2.20. The Morgan fingerprint density at radius 2 is 1.79 bits per heavy atom. The number of halogens is 1. The Bertz CT molecular complexity index is 342. The van der Waals surface area contributed by atoms with Crippen LogP contribution in [0.5, 0.6) is 0 Å². The van der Waals surface area contributed by atoms with Gasteiger partial charge in [0.05, 0.1) is 0 Å². The molecular formula is C18H37IN4O. The van der Waals surface area contributed by atoms with Crippen LogP contribution in [-0.4, -0.2) is 63.8 Å². The molecular weight excluding hydrogens is 415 g/mol. The molecule has 142 valence electrons. The third-order valence-corrected chi connectivity index (χ3v) is 5.03. The van der Waals surface area contributed by atoms with Crippen molar-refractivity contribution in [2.45, 2.75) is 45.4 Å². The first kappa shape index (κ1) is 22.0. The fourth-order valence-electron chi connectivity index (χ4n) is 3.12. The molecule has 1 heterocycles.